The van der Waals surface area contributed by atoms with E-state index in [1.54, 1.807) is 18.2 Å². The number of rotatable bonds is 5. The molecule has 0 saturated heterocycles. The van der Waals surface area contributed by atoms with Crippen molar-refractivity contribution >= 4 is 17.6 Å². The molecular formula is C16H15ClO4. The molecule has 0 bridgehead atoms. The summed E-state index contributed by atoms with van der Waals surface area (Å²) in [5.74, 6) is -0.645. The quantitative estimate of drug-likeness (QED) is 0.889. The summed E-state index contributed by atoms with van der Waals surface area (Å²) in [7, 11) is 0. The molecule has 1 unspecified atom stereocenters. The van der Waals surface area contributed by atoms with Crippen LogP contribution in [0.25, 0.3) is 0 Å². The van der Waals surface area contributed by atoms with Crippen LogP contribution in [0.2, 0.25) is 5.02 Å². The molecule has 110 valence electrons. The molecular weight excluding hydrogens is 292 g/mol. The summed E-state index contributed by atoms with van der Waals surface area (Å²) in [6, 6.07) is 12.4. The van der Waals surface area contributed by atoms with Crippen molar-refractivity contribution in [3.05, 3.63) is 64.2 Å². The van der Waals surface area contributed by atoms with E-state index in [1.807, 2.05) is 31.2 Å². The monoisotopic (exact) mass is 306 g/mol. The summed E-state index contributed by atoms with van der Waals surface area (Å²) >= 11 is 6.00. The van der Waals surface area contributed by atoms with Crippen LogP contribution in [0.3, 0.4) is 0 Å². The number of carboxylic acid groups (broad SMARTS) is 1. The van der Waals surface area contributed by atoms with Crippen LogP contribution in [0.15, 0.2) is 42.5 Å². The molecule has 0 amide bonds. The Kier molecular flexibility index (Phi) is 4.83. The van der Waals surface area contributed by atoms with Gasteiger partial charge in [-0.2, -0.15) is 0 Å². The summed E-state index contributed by atoms with van der Waals surface area (Å²) in [4.78, 5) is 11.0. The number of hydrogen-bond donors (Lipinski definition) is 2. The van der Waals surface area contributed by atoms with Crippen molar-refractivity contribution in [2.75, 3.05) is 0 Å². The maximum absolute atomic E-state index is 11.0. The molecule has 0 fully saturated rings. The lowest BCUT2D eigenvalue weighted by atomic mass is 10.0. The topological polar surface area (TPSA) is 66.8 Å². The summed E-state index contributed by atoms with van der Waals surface area (Å²) in [5.41, 5.74) is 1.68. The molecule has 2 aromatic carbocycles. The molecule has 0 aliphatic carbocycles. The van der Waals surface area contributed by atoms with Gasteiger partial charge in [-0.25, -0.2) is 4.79 Å². The van der Waals surface area contributed by atoms with Crippen LogP contribution in [0.4, 0.5) is 0 Å². The van der Waals surface area contributed by atoms with E-state index < -0.39 is 12.1 Å². The summed E-state index contributed by atoms with van der Waals surface area (Å²) in [6.45, 7) is 2.05. The second kappa shape index (κ2) is 6.61. The van der Waals surface area contributed by atoms with Crippen molar-refractivity contribution in [3.8, 4) is 5.75 Å². The van der Waals surface area contributed by atoms with E-state index >= 15 is 0 Å². The highest BCUT2D eigenvalue weighted by molar-refractivity contribution is 6.31. The molecule has 2 aromatic rings. The second-order valence-corrected chi connectivity index (χ2v) is 5.01. The van der Waals surface area contributed by atoms with E-state index in [1.165, 1.54) is 0 Å². The number of aliphatic hydroxyl groups is 1. The summed E-state index contributed by atoms with van der Waals surface area (Å²) in [6.07, 6.45) is -1.67. The number of hydrogen-bond acceptors (Lipinski definition) is 3. The highest BCUT2D eigenvalue weighted by Crippen LogP contribution is 2.28. The first-order valence-electron chi connectivity index (χ1n) is 6.37. The van der Waals surface area contributed by atoms with Crippen molar-refractivity contribution < 1.29 is 19.7 Å². The first kappa shape index (κ1) is 15.4. The molecule has 0 aromatic heterocycles. The maximum atomic E-state index is 11.0. The van der Waals surface area contributed by atoms with Gasteiger partial charge in [0.25, 0.3) is 0 Å². The van der Waals surface area contributed by atoms with Crippen molar-refractivity contribution in [3.63, 3.8) is 0 Å². The minimum atomic E-state index is -1.67. The molecule has 0 radical (unpaired) electrons. The van der Waals surface area contributed by atoms with Gasteiger partial charge >= 0.3 is 5.97 Å². The van der Waals surface area contributed by atoms with Crippen molar-refractivity contribution in [1.29, 1.82) is 0 Å². The highest BCUT2D eigenvalue weighted by atomic mass is 35.5. The Hall–Kier alpha value is -2.04. The highest BCUT2D eigenvalue weighted by Gasteiger charge is 2.22. The van der Waals surface area contributed by atoms with Crippen molar-refractivity contribution in [2.45, 2.75) is 19.6 Å². The van der Waals surface area contributed by atoms with Crippen LogP contribution in [0.1, 0.15) is 22.8 Å². The number of aryl methyl sites for hydroxylation is 1. The van der Waals surface area contributed by atoms with E-state index in [2.05, 4.69) is 0 Å². The van der Waals surface area contributed by atoms with E-state index in [-0.39, 0.29) is 17.2 Å². The van der Waals surface area contributed by atoms with E-state index in [9.17, 15) is 9.90 Å². The van der Waals surface area contributed by atoms with Crippen LogP contribution >= 0.6 is 11.6 Å². The molecule has 0 heterocycles. The zero-order valence-corrected chi connectivity index (χ0v) is 12.2. The first-order valence-corrected chi connectivity index (χ1v) is 6.75. The van der Waals surface area contributed by atoms with E-state index in [4.69, 9.17) is 21.4 Å². The fourth-order valence-electron chi connectivity index (χ4n) is 2.01. The third-order valence-corrected chi connectivity index (χ3v) is 3.46. The predicted octanol–water partition coefficient (Wildman–Crippen LogP) is 3.35. The Morgan fingerprint density at radius 2 is 1.95 bits per heavy atom. The minimum absolute atomic E-state index is 0.130. The standard InChI is InChI=1S/C16H15ClO4/c1-10-5-2-3-8-13(10)21-9-11-6-4-7-12(17)14(11)15(18)16(19)20/h2-8,15,18H,9H2,1H3,(H,19,20). The fraction of sp³-hybridized carbons (Fsp3) is 0.188. The van der Waals surface area contributed by atoms with Gasteiger partial charge in [0.15, 0.2) is 6.10 Å². The fourth-order valence-corrected chi connectivity index (χ4v) is 2.31. The lowest BCUT2D eigenvalue weighted by molar-refractivity contribution is -0.147. The van der Waals surface area contributed by atoms with Crippen LogP contribution in [0.5, 0.6) is 5.75 Å². The van der Waals surface area contributed by atoms with Gasteiger partial charge in [-0.05, 0) is 30.2 Å². The number of aliphatic carboxylic acids is 1. The Labute approximate surface area is 127 Å². The number of benzene rings is 2. The molecule has 0 saturated carbocycles. The van der Waals surface area contributed by atoms with E-state index in [0.29, 0.717) is 11.3 Å². The number of carbonyl (C=O) groups is 1. The molecule has 4 nitrogen and oxygen atoms in total. The Morgan fingerprint density at radius 1 is 1.24 bits per heavy atom. The molecule has 0 spiro atoms. The molecule has 2 N–H and O–H groups in total. The number of aliphatic hydroxyl groups excluding tert-OH is 1. The Bertz CT molecular complexity index is 654. The number of ether oxygens (including phenoxy) is 1. The summed E-state index contributed by atoms with van der Waals surface area (Å²) < 4.78 is 5.69. The molecule has 5 heteroatoms. The van der Waals surface area contributed by atoms with Crippen molar-refractivity contribution in [1.82, 2.24) is 0 Å². The average Bonchev–Trinajstić information content (AvgIpc) is 2.45. The van der Waals surface area contributed by atoms with Crippen LogP contribution in [0, 0.1) is 6.92 Å². The van der Waals surface area contributed by atoms with Gasteiger partial charge in [-0.1, -0.05) is 41.9 Å². The largest absolute Gasteiger partial charge is 0.489 e. The SMILES string of the molecule is Cc1ccccc1OCc1cccc(Cl)c1C(O)C(=O)O. The zero-order valence-electron chi connectivity index (χ0n) is 11.4. The lowest BCUT2D eigenvalue weighted by Crippen LogP contribution is -2.14. The molecule has 0 aliphatic heterocycles. The zero-order chi connectivity index (χ0) is 15.4. The Balaban J connectivity index is 2.26. The first-order chi connectivity index (χ1) is 10.0. The van der Waals surface area contributed by atoms with Gasteiger partial charge in [-0.3, -0.25) is 0 Å². The van der Waals surface area contributed by atoms with Gasteiger partial charge in [-0.15, -0.1) is 0 Å². The summed E-state index contributed by atoms with van der Waals surface area (Å²) in [5, 5.41) is 18.9. The number of carboxylic acids is 1. The number of para-hydroxylation sites is 1. The van der Waals surface area contributed by atoms with Crippen LogP contribution < -0.4 is 4.74 Å². The molecule has 21 heavy (non-hydrogen) atoms. The van der Waals surface area contributed by atoms with Crippen LogP contribution in [-0.4, -0.2) is 16.2 Å². The van der Waals surface area contributed by atoms with Crippen LogP contribution in [-0.2, 0) is 11.4 Å². The Morgan fingerprint density at radius 3 is 2.62 bits per heavy atom. The van der Waals surface area contributed by atoms with Gasteiger partial charge in [0, 0.05) is 10.6 Å². The van der Waals surface area contributed by atoms with Gasteiger partial charge in [0.1, 0.15) is 12.4 Å². The van der Waals surface area contributed by atoms with Gasteiger partial charge in [0.2, 0.25) is 0 Å². The minimum Gasteiger partial charge on any atom is -0.489 e. The van der Waals surface area contributed by atoms with E-state index in [0.717, 1.165) is 5.56 Å². The average molecular weight is 307 g/mol. The smallest absolute Gasteiger partial charge is 0.337 e. The molecule has 1 atom stereocenters. The molecule has 0 aliphatic rings. The third-order valence-electron chi connectivity index (χ3n) is 3.13. The lowest BCUT2D eigenvalue weighted by Gasteiger charge is -2.15. The maximum Gasteiger partial charge on any atom is 0.337 e. The van der Waals surface area contributed by atoms with Gasteiger partial charge < -0.3 is 14.9 Å². The van der Waals surface area contributed by atoms with Crippen molar-refractivity contribution in [2.24, 2.45) is 0 Å². The molecule has 2 rings (SSSR count). The normalized spacial score (nSPS) is 12.0. The third kappa shape index (κ3) is 3.54. The number of halogens is 1. The second-order valence-electron chi connectivity index (χ2n) is 4.61. The van der Waals surface area contributed by atoms with Gasteiger partial charge in [0.05, 0.1) is 0 Å². The predicted molar refractivity (Wildman–Crippen MR) is 79.6 cm³/mol.